The molecule has 1 unspecified atom stereocenters. The van der Waals surface area contributed by atoms with Crippen molar-refractivity contribution in [1.82, 2.24) is 9.97 Å². The fourth-order valence-electron chi connectivity index (χ4n) is 1.62. The van der Waals surface area contributed by atoms with Crippen LogP contribution in [0.3, 0.4) is 0 Å². The van der Waals surface area contributed by atoms with Crippen LogP contribution in [0.15, 0.2) is 10.9 Å². The molecule has 1 aromatic heterocycles. The van der Waals surface area contributed by atoms with Gasteiger partial charge in [-0.3, -0.25) is 4.79 Å². The highest BCUT2D eigenvalue weighted by molar-refractivity contribution is 5.37. The number of aromatic amines is 1. The third-order valence-electron chi connectivity index (χ3n) is 2.78. The van der Waals surface area contributed by atoms with Crippen LogP contribution < -0.4 is 10.5 Å². The predicted octanol–water partition coefficient (Wildman–Crippen LogP) is 1.95. The zero-order valence-electron chi connectivity index (χ0n) is 10.6. The van der Waals surface area contributed by atoms with Gasteiger partial charge in [0, 0.05) is 19.2 Å². The number of hydrogen-bond donors (Lipinski definition) is 1. The monoisotopic (exact) mass is 223 g/mol. The Morgan fingerprint density at radius 1 is 1.50 bits per heavy atom. The van der Waals surface area contributed by atoms with E-state index < -0.39 is 0 Å². The standard InChI is InChI=1S/C12H21N3O/c1-5-9(3)8-15(6-2)11-7-12(16)14-10(4)13-11/h7,9H,5-6,8H2,1-4H3,(H,13,14,16). The minimum absolute atomic E-state index is 0.0786. The Balaban J connectivity index is 2.90. The van der Waals surface area contributed by atoms with E-state index in [1.807, 2.05) is 6.92 Å². The van der Waals surface area contributed by atoms with Crippen molar-refractivity contribution >= 4 is 5.82 Å². The third-order valence-corrected chi connectivity index (χ3v) is 2.78. The van der Waals surface area contributed by atoms with Crippen LogP contribution in [0.1, 0.15) is 33.0 Å². The molecule has 0 amide bonds. The van der Waals surface area contributed by atoms with Crippen molar-refractivity contribution in [3.63, 3.8) is 0 Å². The van der Waals surface area contributed by atoms with Crippen LogP contribution in [0.25, 0.3) is 0 Å². The first-order valence-corrected chi connectivity index (χ1v) is 5.89. The first-order valence-electron chi connectivity index (χ1n) is 5.89. The summed E-state index contributed by atoms with van der Waals surface area (Å²) < 4.78 is 0. The molecule has 1 aromatic rings. The summed E-state index contributed by atoms with van der Waals surface area (Å²) in [4.78, 5) is 20.5. The van der Waals surface area contributed by atoms with Gasteiger partial charge < -0.3 is 9.88 Å². The van der Waals surface area contributed by atoms with Crippen LogP contribution >= 0.6 is 0 Å². The molecule has 0 saturated carbocycles. The molecule has 0 aliphatic carbocycles. The van der Waals surface area contributed by atoms with Gasteiger partial charge in [-0.25, -0.2) is 4.98 Å². The van der Waals surface area contributed by atoms with Crippen molar-refractivity contribution in [3.05, 3.63) is 22.2 Å². The van der Waals surface area contributed by atoms with Crippen LogP contribution in [0.5, 0.6) is 0 Å². The van der Waals surface area contributed by atoms with Crippen molar-refractivity contribution in [1.29, 1.82) is 0 Å². The van der Waals surface area contributed by atoms with Gasteiger partial charge >= 0.3 is 0 Å². The molecule has 0 aliphatic heterocycles. The smallest absolute Gasteiger partial charge is 0.252 e. The number of aromatic nitrogens is 2. The third kappa shape index (κ3) is 3.36. The van der Waals surface area contributed by atoms with Crippen LogP contribution in [0.4, 0.5) is 5.82 Å². The highest BCUT2D eigenvalue weighted by atomic mass is 16.1. The van der Waals surface area contributed by atoms with E-state index in [1.165, 1.54) is 0 Å². The van der Waals surface area contributed by atoms with Crippen molar-refractivity contribution in [2.24, 2.45) is 5.92 Å². The van der Waals surface area contributed by atoms with Gasteiger partial charge in [0.25, 0.3) is 5.56 Å². The second-order valence-corrected chi connectivity index (χ2v) is 4.24. The number of H-pyrrole nitrogens is 1. The van der Waals surface area contributed by atoms with E-state index in [0.717, 1.165) is 25.3 Å². The molecule has 1 heterocycles. The van der Waals surface area contributed by atoms with E-state index in [2.05, 4.69) is 35.6 Å². The molecule has 0 aromatic carbocycles. The molecule has 90 valence electrons. The molecule has 0 saturated heterocycles. The van der Waals surface area contributed by atoms with Gasteiger partial charge in [-0.05, 0) is 19.8 Å². The number of nitrogens with zero attached hydrogens (tertiary/aromatic N) is 2. The average Bonchev–Trinajstić information content (AvgIpc) is 2.24. The predicted molar refractivity (Wildman–Crippen MR) is 66.9 cm³/mol. The molecule has 0 spiro atoms. The molecule has 1 rings (SSSR count). The Bertz CT molecular complexity index is 386. The highest BCUT2D eigenvalue weighted by Crippen LogP contribution is 2.12. The Kier molecular flexibility index (Phi) is 4.52. The van der Waals surface area contributed by atoms with Gasteiger partial charge in [-0.1, -0.05) is 20.3 Å². The minimum Gasteiger partial charge on any atom is -0.356 e. The quantitative estimate of drug-likeness (QED) is 0.830. The summed E-state index contributed by atoms with van der Waals surface area (Å²) in [6.07, 6.45) is 1.14. The summed E-state index contributed by atoms with van der Waals surface area (Å²) in [5, 5.41) is 0. The lowest BCUT2D eigenvalue weighted by Crippen LogP contribution is -2.30. The summed E-state index contributed by atoms with van der Waals surface area (Å²) in [5.41, 5.74) is -0.0786. The van der Waals surface area contributed by atoms with Crippen LogP contribution in [-0.2, 0) is 0 Å². The molecule has 0 aliphatic rings. The normalized spacial score (nSPS) is 12.5. The second kappa shape index (κ2) is 5.68. The fraction of sp³-hybridized carbons (Fsp3) is 0.667. The van der Waals surface area contributed by atoms with Gasteiger partial charge in [0.1, 0.15) is 11.6 Å². The van der Waals surface area contributed by atoms with Gasteiger partial charge in [0.2, 0.25) is 0 Å². The molecular weight excluding hydrogens is 202 g/mol. The van der Waals surface area contributed by atoms with E-state index in [4.69, 9.17) is 0 Å². The second-order valence-electron chi connectivity index (χ2n) is 4.24. The van der Waals surface area contributed by atoms with E-state index in [1.54, 1.807) is 6.07 Å². The molecule has 1 atom stereocenters. The highest BCUT2D eigenvalue weighted by Gasteiger charge is 2.10. The maximum absolute atomic E-state index is 11.4. The number of nitrogens with one attached hydrogen (secondary N) is 1. The zero-order chi connectivity index (χ0) is 12.1. The number of hydrogen-bond acceptors (Lipinski definition) is 3. The lowest BCUT2D eigenvalue weighted by Gasteiger charge is -2.24. The van der Waals surface area contributed by atoms with Gasteiger partial charge in [0.15, 0.2) is 0 Å². The largest absolute Gasteiger partial charge is 0.356 e. The van der Waals surface area contributed by atoms with E-state index in [-0.39, 0.29) is 5.56 Å². The summed E-state index contributed by atoms with van der Waals surface area (Å²) in [7, 11) is 0. The van der Waals surface area contributed by atoms with Gasteiger partial charge in [0.05, 0.1) is 0 Å². The van der Waals surface area contributed by atoms with Crippen LogP contribution in [0.2, 0.25) is 0 Å². The summed E-state index contributed by atoms with van der Waals surface area (Å²) in [6, 6.07) is 1.57. The van der Waals surface area contributed by atoms with Crippen molar-refractivity contribution in [2.75, 3.05) is 18.0 Å². The van der Waals surface area contributed by atoms with E-state index >= 15 is 0 Å². The first kappa shape index (κ1) is 12.7. The topological polar surface area (TPSA) is 49.0 Å². The van der Waals surface area contributed by atoms with Crippen molar-refractivity contribution < 1.29 is 0 Å². The molecule has 0 fully saturated rings. The molecule has 16 heavy (non-hydrogen) atoms. The Morgan fingerprint density at radius 2 is 2.19 bits per heavy atom. The molecular formula is C12H21N3O. The zero-order valence-corrected chi connectivity index (χ0v) is 10.6. The maximum atomic E-state index is 11.4. The van der Waals surface area contributed by atoms with Crippen LogP contribution in [0, 0.1) is 12.8 Å². The Hall–Kier alpha value is -1.32. The molecule has 0 bridgehead atoms. The molecule has 0 radical (unpaired) electrons. The summed E-state index contributed by atoms with van der Waals surface area (Å²) in [5.74, 6) is 2.07. The van der Waals surface area contributed by atoms with E-state index in [0.29, 0.717) is 11.7 Å². The van der Waals surface area contributed by atoms with Gasteiger partial charge in [-0.2, -0.15) is 0 Å². The lowest BCUT2D eigenvalue weighted by atomic mass is 10.1. The lowest BCUT2D eigenvalue weighted by molar-refractivity contribution is 0.545. The van der Waals surface area contributed by atoms with Crippen molar-refractivity contribution in [2.45, 2.75) is 34.1 Å². The Labute approximate surface area is 96.7 Å². The number of anilines is 1. The molecule has 4 heteroatoms. The molecule has 1 N–H and O–H groups in total. The summed E-state index contributed by atoms with van der Waals surface area (Å²) >= 11 is 0. The maximum Gasteiger partial charge on any atom is 0.252 e. The number of rotatable bonds is 5. The van der Waals surface area contributed by atoms with Gasteiger partial charge in [-0.15, -0.1) is 0 Å². The van der Waals surface area contributed by atoms with Crippen molar-refractivity contribution in [3.8, 4) is 0 Å². The summed E-state index contributed by atoms with van der Waals surface area (Å²) in [6.45, 7) is 10.1. The Morgan fingerprint density at radius 3 is 2.69 bits per heavy atom. The SMILES string of the molecule is CCC(C)CN(CC)c1cc(=O)[nH]c(C)n1. The fourth-order valence-corrected chi connectivity index (χ4v) is 1.62. The minimum atomic E-state index is -0.0786. The first-order chi connectivity index (χ1) is 7.56. The van der Waals surface area contributed by atoms with E-state index in [9.17, 15) is 4.79 Å². The average molecular weight is 223 g/mol. The number of aryl methyl sites for hydroxylation is 1. The van der Waals surface area contributed by atoms with Crippen LogP contribution in [-0.4, -0.2) is 23.1 Å². The molecule has 4 nitrogen and oxygen atoms in total.